The van der Waals surface area contributed by atoms with Crippen LogP contribution in [0.1, 0.15) is 17.0 Å². The monoisotopic (exact) mass is 278 g/mol. The van der Waals surface area contributed by atoms with Gasteiger partial charge in [-0.25, -0.2) is 9.97 Å². The molecule has 0 amide bonds. The number of pyridine rings is 1. The van der Waals surface area contributed by atoms with Crippen LogP contribution < -0.4 is 5.32 Å². The van der Waals surface area contributed by atoms with Gasteiger partial charge in [0.1, 0.15) is 5.82 Å². The first-order valence-corrected chi connectivity index (χ1v) is 7.11. The van der Waals surface area contributed by atoms with Gasteiger partial charge in [-0.15, -0.1) is 0 Å². The lowest BCUT2D eigenvalue weighted by molar-refractivity contribution is 0.980. The van der Waals surface area contributed by atoms with E-state index in [1.165, 1.54) is 5.56 Å². The molecule has 4 heteroatoms. The smallest absolute Gasteiger partial charge is 0.148 e. The lowest BCUT2D eigenvalue weighted by Crippen LogP contribution is -2.09. The predicted molar refractivity (Wildman–Crippen MR) is 85.4 cm³/mol. The lowest BCUT2D eigenvalue weighted by atomic mass is 10.2. The molecule has 0 aliphatic rings. The number of aryl methyl sites for hydroxylation is 2. The molecule has 3 aromatic rings. The van der Waals surface area contributed by atoms with Crippen molar-refractivity contribution in [3.05, 3.63) is 59.5 Å². The van der Waals surface area contributed by atoms with Crippen molar-refractivity contribution in [1.82, 2.24) is 15.0 Å². The SMILES string of the molecule is Cc1ccc(CCNc2nc3ccccc3nc2C)cn1. The van der Waals surface area contributed by atoms with Crippen molar-refractivity contribution in [2.24, 2.45) is 0 Å². The Morgan fingerprint density at radius 2 is 1.71 bits per heavy atom. The molecule has 3 rings (SSSR count). The van der Waals surface area contributed by atoms with Gasteiger partial charge in [-0.05, 0) is 44.0 Å². The second-order valence-electron chi connectivity index (χ2n) is 5.13. The van der Waals surface area contributed by atoms with E-state index in [4.69, 9.17) is 0 Å². The third kappa shape index (κ3) is 3.16. The van der Waals surface area contributed by atoms with E-state index in [1.54, 1.807) is 0 Å². The van der Waals surface area contributed by atoms with Crippen LogP contribution in [0.2, 0.25) is 0 Å². The van der Waals surface area contributed by atoms with Gasteiger partial charge < -0.3 is 5.32 Å². The van der Waals surface area contributed by atoms with Gasteiger partial charge in [-0.2, -0.15) is 0 Å². The van der Waals surface area contributed by atoms with E-state index < -0.39 is 0 Å². The Morgan fingerprint density at radius 3 is 2.43 bits per heavy atom. The first kappa shape index (κ1) is 13.5. The zero-order valence-corrected chi connectivity index (χ0v) is 12.3. The van der Waals surface area contributed by atoms with Crippen LogP contribution in [0.3, 0.4) is 0 Å². The molecule has 106 valence electrons. The Morgan fingerprint density at radius 1 is 0.952 bits per heavy atom. The summed E-state index contributed by atoms with van der Waals surface area (Å²) < 4.78 is 0. The summed E-state index contributed by atoms with van der Waals surface area (Å²) in [6, 6.07) is 12.1. The third-order valence-electron chi connectivity index (χ3n) is 3.42. The molecule has 4 nitrogen and oxygen atoms in total. The molecule has 1 aromatic carbocycles. The number of hydrogen-bond donors (Lipinski definition) is 1. The van der Waals surface area contributed by atoms with E-state index in [9.17, 15) is 0 Å². The van der Waals surface area contributed by atoms with E-state index in [2.05, 4.69) is 26.3 Å². The van der Waals surface area contributed by atoms with Gasteiger partial charge in [-0.3, -0.25) is 4.98 Å². The van der Waals surface area contributed by atoms with Crippen LogP contribution in [0.5, 0.6) is 0 Å². The molecular formula is C17H18N4. The van der Waals surface area contributed by atoms with Gasteiger partial charge in [0.05, 0.1) is 16.7 Å². The Bertz CT molecular complexity index is 750. The van der Waals surface area contributed by atoms with Crippen molar-refractivity contribution in [2.75, 3.05) is 11.9 Å². The number of nitrogens with zero attached hydrogens (tertiary/aromatic N) is 3. The zero-order valence-electron chi connectivity index (χ0n) is 12.3. The minimum Gasteiger partial charge on any atom is -0.368 e. The molecule has 2 heterocycles. The fraction of sp³-hybridized carbons (Fsp3) is 0.235. The molecule has 0 radical (unpaired) electrons. The number of nitrogens with one attached hydrogen (secondary N) is 1. The molecule has 2 aromatic heterocycles. The Balaban J connectivity index is 1.70. The van der Waals surface area contributed by atoms with E-state index in [-0.39, 0.29) is 0 Å². The Hall–Kier alpha value is -2.49. The summed E-state index contributed by atoms with van der Waals surface area (Å²) >= 11 is 0. The highest BCUT2D eigenvalue weighted by Gasteiger charge is 2.04. The minimum absolute atomic E-state index is 0.818. The van der Waals surface area contributed by atoms with Gasteiger partial charge in [0, 0.05) is 18.4 Å². The maximum Gasteiger partial charge on any atom is 0.148 e. The number of para-hydroxylation sites is 2. The highest BCUT2D eigenvalue weighted by Crippen LogP contribution is 2.15. The second kappa shape index (κ2) is 5.87. The number of fused-ring (bicyclic) bond motifs is 1. The van der Waals surface area contributed by atoms with Crippen molar-refractivity contribution in [3.63, 3.8) is 0 Å². The first-order valence-electron chi connectivity index (χ1n) is 7.11. The molecule has 0 aliphatic carbocycles. The Labute approximate surface area is 124 Å². The summed E-state index contributed by atoms with van der Waals surface area (Å²) in [5, 5.41) is 3.37. The van der Waals surface area contributed by atoms with E-state index in [1.807, 2.05) is 50.4 Å². The maximum atomic E-state index is 4.63. The molecule has 0 aliphatic heterocycles. The summed E-state index contributed by atoms with van der Waals surface area (Å²) in [6.07, 6.45) is 2.84. The van der Waals surface area contributed by atoms with Crippen LogP contribution in [-0.2, 0) is 6.42 Å². The van der Waals surface area contributed by atoms with E-state index in [0.717, 1.165) is 41.2 Å². The van der Waals surface area contributed by atoms with Gasteiger partial charge in [0.25, 0.3) is 0 Å². The summed E-state index contributed by atoms with van der Waals surface area (Å²) in [7, 11) is 0. The molecule has 0 saturated heterocycles. The quantitative estimate of drug-likeness (QED) is 0.795. The third-order valence-corrected chi connectivity index (χ3v) is 3.42. The maximum absolute atomic E-state index is 4.63. The molecule has 0 saturated carbocycles. The average molecular weight is 278 g/mol. The topological polar surface area (TPSA) is 50.7 Å². The van der Waals surface area contributed by atoms with Crippen molar-refractivity contribution < 1.29 is 0 Å². The molecule has 21 heavy (non-hydrogen) atoms. The average Bonchev–Trinajstić information content (AvgIpc) is 2.50. The van der Waals surface area contributed by atoms with Crippen molar-refractivity contribution in [1.29, 1.82) is 0 Å². The van der Waals surface area contributed by atoms with E-state index >= 15 is 0 Å². The van der Waals surface area contributed by atoms with Crippen LogP contribution in [0.15, 0.2) is 42.6 Å². The molecular weight excluding hydrogens is 260 g/mol. The largest absolute Gasteiger partial charge is 0.368 e. The van der Waals surface area contributed by atoms with Crippen LogP contribution in [0, 0.1) is 13.8 Å². The van der Waals surface area contributed by atoms with Crippen molar-refractivity contribution in [3.8, 4) is 0 Å². The van der Waals surface area contributed by atoms with Crippen LogP contribution >= 0.6 is 0 Å². The summed E-state index contributed by atoms with van der Waals surface area (Å²) in [5.74, 6) is 0.855. The van der Waals surface area contributed by atoms with Crippen molar-refractivity contribution >= 4 is 16.9 Å². The zero-order chi connectivity index (χ0) is 14.7. The number of benzene rings is 1. The minimum atomic E-state index is 0.818. The molecule has 1 N–H and O–H groups in total. The number of rotatable bonds is 4. The highest BCUT2D eigenvalue weighted by molar-refractivity contribution is 5.76. The summed E-state index contributed by atoms with van der Waals surface area (Å²) in [4.78, 5) is 13.5. The fourth-order valence-corrected chi connectivity index (χ4v) is 2.23. The lowest BCUT2D eigenvalue weighted by Gasteiger charge is -2.09. The number of anilines is 1. The standard InChI is InChI=1S/C17H18N4/c1-12-7-8-14(11-19-12)9-10-18-17-13(2)20-15-5-3-4-6-16(15)21-17/h3-8,11H,9-10H2,1-2H3,(H,18,21). The summed E-state index contributed by atoms with van der Waals surface area (Å²) in [5.41, 5.74) is 5.05. The van der Waals surface area contributed by atoms with Gasteiger partial charge >= 0.3 is 0 Å². The first-order chi connectivity index (χ1) is 10.2. The molecule has 0 fully saturated rings. The highest BCUT2D eigenvalue weighted by atomic mass is 15.0. The van der Waals surface area contributed by atoms with Crippen LogP contribution in [0.25, 0.3) is 11.0 Å². The molecule has 0 spiro atoms. The van der Waals surface area contributed by atoms with Crippen LogP contribution in [-0.4, -0.2) is 21.5 Å². The number of hydrogen-bond acceptors (Lipinski definition) is 4. The second-order valence-corrected chi connectivity index (χ2v) is 5.13. The molecule has 0 bridgehead atoms. The normalized spacial score (nSPS) is 10.8. The van der Waals surface area contributed by atoms with Crippen LogP contribution in [0.4, 0.5) is 5.82 Å². The predicted octanol–water partition coefficient (Wildman–Crippen LogP) is 3.30. The molecule has 0 unspecified atom stereocenters. The number of aromatic nitrogens is 3. The van der Waals surface area contributed by atoms with Gasteiger partial charge in [0.15, 0.2) is 0 Å². The Kier molecular flexibility index (Phi) is 3.77. The fourth-order valence-electron chi connectivity index (χ4n) is 2.23. The van der Waals surface area contributed by atoms with Gasteiger partial charge in [-0.1, -0.05) is 18.2 Å². The van der Waals surface area contributed by atoms with Gasteiger partial charge in [0.2, 0.25) is 0 Å². The summed E-state index contributed by atoms with van der Waals surface area (Å²) in [6.45, 7) is 4.80. The molecule has 0 atom stereocenters. The van der Waals surface area contributed by atoms with Crippen molar-refractivity contribution in [2.45, 2.75) is 20.3 Å². The van der Waals surface area contributed by atoms with E-state index in [0.29, 0.717) is 0 Å².